The summed E-state index contributed by atoms with van der Waals surface area (Å²) in [6, 6.07) is 10.3. The van der Waals surface area contributed by atoms with Gasteiger partial charge in [0.15, 0.2) is 0 Å². The number of halogens is 2. The Balaban J connectivity index is 2.26. The van der Waals surface area contributed by atoms with Crippen LogP contribution in [0.25, 0.3) is 22.4 Å². The fraction of sp³-hybridized carbons (Fsp3) is 0.188. The Morgan fingerprint density at radius 1 is 1.24 bits per heavy atom. The van der Waals surface area contributed by atoms with E-state index >= 15 is 0 Å². The summed E-state index contributed by atoms with van der Waals surface area (Å²) in [5, 5.41) is 0.360. The number of aromatic nitrogens is 2. The Hall–Kier alpha value is -1.91. The monoisotopic (exact) mass is 303 g/mol. The smallest absolute Gasteiger partial charge is 0.142 e. The first kappa shape index (κ1) is 14.0. The molecule has 0 bridgehead atoms. The quantitative estimate of drug-likeness (QED) is 0.795. The van der Waals surface area contributed by atoms with Crippen molar-refractivity contribution in [3.8, 4) is 11.4 Å². The molecule has 5 heteroatoms. The number of aryl methyl sites for hydroxylation is 1. The molecule has 3 rings (SSSR count). The molecule has 1 heterocycles. The molecule has 0 aliphatic rings. The largest absolute Gasteiger partial charge is 0.326 e. The van der Waals surface area contributed by atoms with E-state index in [0.717, 1.165) is 34.5 Å². The second-order valence-corrected chi connectivity index (χ2v) is 5.24. The fourth-order valence-electron chi connectivity index (χ4n) is 2.50. The molecule has 0 unspecified atom stereocenters. The van der Waals surface area contributed by atoms with Gasteiger partial charge in [-0.3, -0.25) is 0 Å². The van der Waals surface area contributed by atoms with Crippen LogP contribution in [0.1, 0.15) is 12.5 Å². The lowest BCUT2D eigenvalue weighted by Gasteiger charge is -2.07. The lowest BCUT2D eigenvalue weighted by atomic mass is 10.2. The highest BCUT2D eigenvalue weighted by Gasteiger charge is 2.14. The first-order valence-corrected chi connectivity index (χ1v) is 7.16. The fourth-order valence-corrected chi connectivity index (χ4v) is 2.75. The minimum atomic E-state index is -0.353. The maximum absolute atomic E-state index is 13.2. The van der Waals surface area contributed by atoms with Crippen LogP contribution < -0.4 is 5.73 Å². The summed E-state index contributed by atoms with van der Waals surface area (Å²) in [6.07, 6.45) is 0. The van der Waals surface area contributed by atoms with Crippen molar-refractivity contribution in [2.45, 2.75) is 20.0 Å². The molecule has 108 valence electrons. The SMILES string of the molecule is CCn1c(-c2ccc(F)cc2Cl)nc2cc(CN)ccc21. The number of imidazole rings is 1. The minimum absolute atomic E-state index is 0.353. The predicted molar refractivity (Wildman–Crippen MR) is 83.7 cm³/mol. The van der Waals surface area contributed by atoms with Gasteiger partial charge in [0.25, 0.3) is 0 Å². The molecule has 0 saturated carbocycles. The Labute approximate surface area is 127 Å². The van der Waals surface area contributed by atoms with Crippen LogP contribution in [0.15, 0.2) is 36.4 Å². The normalized spacial score (nSPS) is 11.2. The van der Waals surface area contributed by atoms with Crippen molar-refractivity contribution in [2.75, 3.05) is 0 Å². The lowest BCUT2D eigenvalue weighted by molar-refractivity contribution is 0.628. The molecule has 0 saturated heterocycles. The zero-order valence-corrected chi connectivity index (χ0v) is 12.4. The molecule has 0 fully saturated rings. The average Bonchev–Trinajstić information content (AvgIpc) is 2.84. The van der Waals surface area contributed by atoms with E-state index in [-0.39, 0.29) is 5.82 Å². The Morgan fingerprint density at radius 3 is 2.71 bits per heavy atom. The van der Waals surface area contributed by atoms with Crippen LogP contribution in [-0.2, 0) is 13.1 Å². The van der Waals surface area contributed by atoms with Crippen molar-refractivity contribution in [1.82, 2.24) is 9.55 Å². The van der Waals surface area contributed by atoms with Crippen molar-refractivity contribution >= 4 is 22.6 Å². The highest BCUT2D eigenvalue weighted by Crippen LogP contribution is 2.31. The molecule has 0 spiro atoms. The van der Waals surface area contributed by atoms with Gasteiger partial charge >= 0.3 is 0 Å². The second kappa shape index (κ2) is 5.47. The van der Waals surface area contributed by atoms with Gasteiger partial charge in [-0.25, -0.2) is 9.37 Å². The van der Waals surface area contributed by atoms with Crippen LogP contribution >= 0.6 is 11.6 Å². The predicted octanol–water partition coefficient (Wildman–Crippen LogP) is 3.97. The van der Waals surface area contributed by atoms with Gasteiger partial charge in [-0.1, -0.05) is 17.7 Å². The Kier molecular flexibility index (Phi) is 3.66. The van der Waals surface area contributed by atoms with Gasteiger partial charge in [0.1, 0.15) is 11.6 Å². The maximum Gasteiger partial charge on any atom is 0.142 e. The molecule has 0 atom stereocenters. The van der Waals surface area contributed by atoms with Crippen molar-refractivity contribution < 1.29 is 4.39 Å². The third-order valence-electron chi connectivity index (χ3n) is 3.54. The highest BCUT2D eigenvalue weighted by atomic mass is 35.5. The van der Waals surface area contributed by atoms with Crippen molar-refractivity contribution in [3.63, 3.8) is 0 Å². The number of rotatable bonds is 3. The summed E-state index contributed by atoms with van der Waals surface area (Å²) >= 11 is 6.17. The summed E-state index contributed by atoms with van der Waals surface area (Å²) in [7, 11) is 0. The number of fused-ring (bicyclic) bond motifs is 1. The first-order valence-electron chi connectivity index (χ1n) is 6.78. The van der Waals surface area contributed by atoms with Crippen LogP contribution in [0.2, 0.25) is 5.02 Å². The van der Waals surface area contributed by atoms with Gasteiger partial charge in [0, 0.05) is 18.7 Å². The number of nitrogens with two attached hydrogens (primary N) is 1. The van der Waals surface area contributed by atoms with Gasteiger partial charge in [0.05, 0.1) is 16.1 Å². The van der Waals surface area contributed by atoms with Crippen molar-refractivity contribution in [3.05, 3.63) is 52.8 Å². The summed E-state index contributed by atoms with van der Waals surface area (Å²) in [6.45, 7) is 3.27. The molecule has 0 aliphatic carbocycles. The Morgan fingerprint density at radius 2 is 2.05 bits per heavy atom. The molecule has 1 aromatic heterocycles. The standard InChI is InChI=1S/C16H15ClFN3/c1-2-21-15-6-3-10(9-19)7-14(15)20-16(21)12-5-4-11(18)8-13(12)17/h3-8H,2,9,19H2,1H3. The molecule has 0 amide bonds. The molecule has 2 N–H and O–H groups in total. The molecular formula is C16H15ClFN3. The number of nitrogens with zero attached hydrogens (tertiary/aromatic N) is 2. The van der Waals surface area contributed by atoms with E-state index in [0.29, 0.717) is 11.6 Å². The molecule has 3 nitrogen and oxygen atoms in total. The van der Waals surface area contributed by atoms with Gasteiger partial charge < -0.3 is 10.3 Å². The summed E-state index contributed by atoms with van der Waals surface area (Å²) in [5.74, 6) is 0.389. The van der Waals surface area contributed by atoms with Crippen LogP contribution in [0, 0.1) is 5.82 Å². The van der Waals surface area contributed by atoms with E-state index in [1.807, 2.05) is 25.1 Å². The summed E-state index contributed by atoms with van der Waals surface area (Å²) in [4.78, 5) is 4.65. The van der Waals surface area contributed by atoms with E-state index in [2.05, 4.69) is 9.55 Å². The van der Waals surface area contributed by atoms with Crippen LogP contribution in [-0.4, -0.2) is 9.55 Å². The molecule has 0 radical (unpaired) electrons. The lowest BCUT2D eigenvalue weighted by Crippen LogP contribution is -1.98. The molecule has 21 heavy (non-hydrogen) atoms. The molecule has 0 aliphatic heterocycles. The highest BCUT2D eigenvalue weighted by molar-refractivity contribution is 6.33. The molecular weight excluding hydrogens is 289 g/mol. The Bertz CT molecular complexity index is 811. The van der Waals surface area contributed by atoms with E-state index in [4.69, 9.17) is 17.3 Å². The third kappa shape index (κ3) is 2.41. The summed E-state index contributed by atoms with van der Waals surface area (Å²) < 4.78 is 15.3. The zero-order chi connectivity index (χ0) is 15.0. The maximum atomic E-state index is 13.2. The van der Waals surface area contributed by atoms with Crippen LogP contribution in [0.4, 0.5) is 4.39 Å². The van der Waals surface area contributed by atoms with Crippen LogP contribution in [0.3, 0.4) is 0 Å². The zero-order valence-electron chi connectivity index (χ0n) is 11.6. The van der Waals surface area contributed by atoms with E-state index in [1.165, 1.54) is 12.1 Å². The average molecular weight is 304 g/mol. The van der Waals surface area contributed by atoms with Gasteiger partial charge in [-0.05, 0) is 42.8 Å². The van der Waals surface area contributed by atoms with Gasteiger partial charge in [-0.2, -0.15) is 0 Å². The topological polar surface area (TPSA) is 43.8 Å². The summed E-state index contributed by atoms with van der Waals surface area (Å²) in [5.41, 5.74) is 9.32. The minimum Gasteiger partial charge on any atom is -0.326 e. The third-order valence-corrected chi connectivity index (χ3v) is 3.85. The van der Waals surface area contributed by atoms with Crippen molar-refractivity contribution in [1.29, 1.82) is 0 Å². The molecule has 3 aromatic rings. The van der Waals surface area contributed by atoms with Gasteiger partial charge in [-0.15, -0.1) is 0 Å². The first-order chi connectivity index (χ1) is 10.1. The second-order valence-electron chi connectivity index (χ2n) is 4.83. The number of benzene rings is 2. The van der Waals surface area contributed by atoms with Gasteiger partial charge in [0.2, 0.25) is 0 Å². The van der Waals surface area contributed by atoms with Crippen LogP contribution in [0.5, 0.6) is 0 Å². The van der Waals surface area contributed by atoms with E-state index < -0.39 is 0 Å². The number of hydrogen-bond acceptors (Lipinski definition) is 2. The van der Waals surface area contributed by atoms with E-state index in [1.54, 1.807) is 6.07 Å². The number of hydrogen-bond donors (Lipinski definition) is 1. The van der Waals surface area contributed by atoms with Crippen molar-refractivity contribution in [2.24, 2.45) is 5.73 Å². The van der Waals surface area contributed by atoms with E-state index in [9.17, 15) is 4.39 Å². The molecule has 2 aromatic carbocycles.